The molecule has 4 N–H and O–H groups in total. The van der Waals surface area contributed by atoms with Gasteiger partial charge in [-0.3, -0.25) is 9.35 Å². The lowest BCUT2D eigenvalue weighted by Crippen LogP contribution is -2.06. The number of carbonyl (C=O) groups is 1. The van der Waals surface area contributed by atoms with Crippen LogP contribution in [0, 0.1) is 0 Å². The molecule has 1 aromatic carbocycles. The molecule has 0 fully saturated rings. The second-order valence-corrected chi connectivity index (χ2v) is 4.10. The molecule has 0 aliphatic carbocycles. The van der Waals surface area contributed by atoms with Crippen molar-refractivity contribution in [1.82, 2.24) is 0 Å². The summed E-state index contributed by atoms with van der Waals surface area (Å²) in [4.78, 5) is 10.4. The highest BCUT2D eigenvalue weighted by Gasteiger charge is 2.08. The minimum Gasteiger partial charge on any atom is -0.412 e. The lowest BCUT2D eigenvalue weighted by molar-refractivity contribution is -0.114. The van der Waals surface area contributed by atoms with Crippen molar-refractivity contribution in [3.8, 4) is 0 Å². The summed E-state index contributed by atoms with van der Waals surface area (Å²) in [5.41, 5.74) is 0.477. The van der Waals surface area contributed by atoms with E-state index in [1.165, 1.54) is 31.2 Å². The predicted octanol–water partition coefficient (Wildman–Crippen LogP) is 0.0670. The van der Waals surface area contributed by atoms with Crippen molar-refractivity contribution in [2.75, 3.05) is 5.32 Å². The van der Waals surface area contributed by atoms with Crippen LogP contribution in [0.4, 0.5) is 5.69 Å². The van der Waals surface area contributed by atoms with E-state index in [1.54, 1.807) is 0 Å². The number of hydrogen-bond donors (Lipinski definition) is 2. The molecule has 1 aromatic rings. The molecular formula is C8H11NO5S. The van der Waals surface area contributed by atoms with Gasteiger partial charge in [0.1, 0.15) is 0 Å². The third-order valence-corrected chi connectivity index (χ3v) is 2.34. The first kappa shape index (κ1) is 13.6. The predicted molar refractivity (Wildman–Crippen MR) is 54.2 cm³/mol. The van der Waals surface area contributed by atoms with Crippen LogP contribution in [0.15, 0.2) is 29.2 Å². The SMILES string of the molecule is CC(=O)Nc1ccc(S(=O)(=O)O)cc1.O. The topological polar surface area (TPSA) is 115 Å². The molecule has 1 amide bonds. The Balaban J connectivity index is 0.00000196. The van der Waals surface area contributed by atoms with Gasteiger partial charge in [-0.15, -0.1) is 0 Å². The van der Waals surface area contributed by atoms with Crippen LogP contribution < -0.4 is 5.32 Å². The third-order valence-electron chi connectivity index (χ3n) is 1.47. The Morgan fingerprint density at radius 3 is 2.07 bits per heavy atom. The van der Waals surface area contributed by atoms with E-state index in [-0.39, 0.29) is 16.3 Å². The van der Waals surface area contributed by atoms with Crippen LogP contribution in [0.1, 0.15) is 6.92 Å². The van der Waals surface area contributed by atoms with Crippen molar-refractivity contribution in [3.63, 3.8) is 0 Å². The molecule has 0 aromatic heterocycles. The molecule has 15 heavy (non-hydrogen) atoms. The average Bonchev–Trinajstić information content (AvgIpc) is 2.02. The van der Waals surface area contributed by atoms with Crippen LogP contribution in [0.3, 0.4) is 0 Å². The Morgan fingerprint density at radius 2 is 1.73 bits per heavy atom. The Hall–Kier alpha value is -1.44. The highest BCUT2D eigenvalue weighted by molar-refractivity contribution is 7.85. The van der Waals surface area contributed by atoms with Crippen LogP contribution in [-0.2, 0) is 14.9 Å². The van der Waals surface area contributed by atoms with Crippen LogP contribution >= 0.6 is 0 Å². The van der Waals surface area contributed by atoms with Crippen molar-refractivity contribution in [1.29, 1.82) is 0 Å². The van der Waals surface area contributed by atoms with Crippen LogP contribution in [0.2, 0.25) is 0 Å². The van der Waals surface area contributed by atoms with E-state index in [9.17, 15) is 13.2 Å². The zero-order valence-corrected chi connectivity index (χ0v) is 8.71. The summed E-state index contributed by atoms with van der Waals surface area (Å²) >= 11 is 0. The van der Waals surface area contributed by atoms with Gasteiger partial charge in [0.2, 0.25) is 5.91 Å². The van der Waals surface area contributed by atoms with Crippen LogP contribution in [0.5, 0.6) is 0 Å². The fraction of sp³-hybridized carbons (Fsp3) is 0.125. The number of hydrogen-bond acceptors (Lipinski definition) is 3. The molecule has 0 unspecified atom stereocenters. The van der Waals surface area contributed by atoms with E-state index in [0.717, 1.165) is 0 Å². The summed E-state index contributed by atoms with van der Waals surface area (Å²) in [5.74, 6) is -0.246. The quantitative estimate of drug-likeness (QED) is 0.703. The minimum absolute atomic E-state index is 0. The second-order valence-electron chi connectivity index (χ2n) is 2.68. The lowest BCUT2D eigenvalue weighted by atomic mass is 10.3. The van der Waals surface area contributed by atoms with Gasteiger partial charge < -0.3 is 10.8 Å². The number of carbonyl (C=O) groups excluding carboxylic acids is 1. The summed E-state index contributed by atoms with van der Waals surface area (Å²) in [5, 5.41) is 2.47. The maximum absolute atomic E-state index is 10.6. The van der Waals surface area contributed by atoms with Crippen molar-refractivity contribution in [3.05, 3.63) is 24.3 Å². The Labute approximate surface area is 87.0 Å². The number of benzene rings is 1. The summed E-state index contributed by atoms with van der Waals surface area (Å²) in [6.45, 7) is 1.34. The monoisotopic (exact) mass is 233 g/mol. The van der Waals surface area contributed by atoms with Crippen molar-refractivity contribution in [2.45, 2.75) is 11.8 Å². The first-order valence-corrected chi connectivity index (χ1v) is 5.19. The van der Waals surface area contributed by atoms with Crippen LogP contribution in [0.25, 0.3) is 0 Å². The Kier molecular flexibility index (Phi) is 4.40. The molecule has 84 valence electrons. The van der Waals surface area contributed by atoms with E-state index in [4.69, 9.17) is 4.55 Å². The summed E-state index contributed by atoms with van der Waals surface area (Å²) in [6, 6.07) is 5.20. The van der Waals surface area contributed by atoms with Gasteiger partial charge in [-0.05, 0) is 24.3 Å². The highest BCUT2D eigenvalue weighted by atomic mass is 32.2. The molecule has 0 bridgehead atoms. The fourth-order valence-electron chi connectivity index (χ4n) is 0.914. The molecule has 0 radical (unpaired) electrons. The maximum atomic E-state index is 10.6. The van der Waals surface area contributed by atoms with Crippen molar-refractivity contribution < 1.29 is 23.2 Å². The minimum atomic E-state index is -4.16. The number of anilines is 1. The molecule has 0 aliphatic heterocycles. The molecule has 1 rings (SSSR count). The molecule has 0 heterocycles. The zero-order chi connectivity index (χ0) is 10.8. The molecule has 0 spiro atoms. The van der Waals surface area contributed by atoms with E-state index < -0.39 is 10.1 Å². The van der Waals surface area contributed by atoms with Gasteiger partial charge in [-0.25, -0.2) is 0 Å². The van der Waals surface area contributed by atoms with E-state index in [0.29, 0.717) is 5.69 Å². The summed E-state index contributed by atoms with van der Waals surface area (Å²) < 4.78 is 29.9. The highest BCUT2D eigenvalue weighted by Crippen LogP contribution is 2.13. The summed E-state index contributed by atoms with van der Waals surface area (Å²) in [7, 11) is -4.16. The molecule has 0 aliphatic rings. The molecule has 6 nitrogen and oxygen atoms in total. The smallest absolute Gasteiger partial charge is 0.294 e. The largest absolute Gasteiger partial charge is 0.412 e. The van der Waals surface area contributed by atoms with Gasteiger partial charge in [-0.2, -0.15) is 8.42 Å². The van der Waals surface area contributed by atoms with Gasteiger partial charge in [0.05, 0.1) is 4.90 Å². The molecule has 0 saturated carbocycles. The molecular weight excluding hydrogens is 222 g/mol. The number of rotatable bonds is 2. The van der Waals surface area contributed by atoms with E-state index in [2.05, 4.69) is 5.32 Å². The standard InChI is InChI=1S/C8H9NO4S.H2O/c1-6(10)9-7-2-4-8(5-3-7)14(11,12)13;/h2-5H,1H3,(H,9,10)(H,11,12,13);1H2. The first-order chi connectivity index (χ1) is 6.39. The fourth-order valence-corrected chi connectivity index (χ4v) is 1.39. The van der Waals surface area contributed by atoms with E-state index >= 15 is 0 Å². The maximum Gasteiger partial charge on any atom is 0.294 e. The van der Waals surface area contributed by atoms with Crippen LogP contribution in [-0.4, -0.2) is 24.4 Å². The Bertz CT molecular complexity index is 437. The zero-order valence-electron chi connectivity index (χ0n) is 7.89. The summed E-state index contributed by atoms with van der Waals surface area (Å²) in [6.07, 6.45) is 0. The number of amides is 1. The van der Waals surface area contributed by atoms with Gasteiger partial charge in [0.15, 0.2) is 0 Å². The van der Waals surface area contributed by atoms with Gasteiger partial charge in [-0.1, -0.05) is 0 Å². The van der Waals surface area contributed by atoms with Gasteiger partial charge >= 0.3 is 0 Å². The van der Waals surface area contributed by atoms with Crippen molar-refractivity contribution >= 4 is 21.7 Å². The van der Waals surface area contributed by atoms with Gasteiger partial charge in [0.25, 0.3) is 10.1 Å². The van der Waals surface area contributed by atoms with Crippen molar-refractivity contribution in [2.24, 2.45) is 0 Å². The molecule has 0 atom stereocenters. The third kappa shape index (κ3) is 4.07. The average molecular weight is 233 g/mol. The second kappa shape index (κ2) is 4.87. The Morgan fingerprint density at radius 1 is 1.27 bits per heavy atom. The normalized spacial score (nSPS) is 10.3. The van der Waals surface area contributed by atoms with Gasteiger partial charge in [0, 0.05) is 12.6 Å². The number of nitrogens with one attached hydrogen (secondary N) is 1. The lowest BCUT2D eigenvalue weighted by Gasteiger charge is -2.01. The molecule has 7 heteroatoms. The molecule has 0 saturated heterocycles. The first-order valence-electron chi connectivity index (χ1n) is 3.75. The van der Waals surface area contributed by atoms with E-state index in [1.807, 2.05) is 0 Å².